The molecule has 0 spiro atoms. The first-order valence-corrected chi connectivity index (χ1v) is 7.93. The molecule has 0 atom stereocenters. The van der Waals surface area contributed by atoms with Gasteiger partial charge in [0, 0.05) is 16.3 Å². The monoisotopic (exact) mass is 362 g/mol. The number of rotatable bonds is 2. The number of fused-ring (bicyclic) bond motifs is 3. The summed E-state index contributed by atoms with van der Waals surface area (Å²) in [6.45, 7) is -0.101. The number of nitrogens with zero attached hydrogens (tertiary/aromatic N) is 2. The fourth-order valence-electron chi connectivity index (χ4n) is 3.04. The van der Waals surface area contributed by atoms with Crippen LogP contribution >= 0.6 is 11.6 Å². The van der Waals surface area contributed by atoms with E-state index < -0.39 is 6.43 Å². The number of allylic oxidation sites excluding steroid dienone is 1. The lowest BCUT2D eigenvalue weighted by atomic mass is 10.1. The average molecular weight is 363 g/mol. The van der Waals surface area contributed by atoms with Crippen LogP contribution in [0.4, 0.5) is 20.2 Å². The number of carbonyl (C=O) groups is 1. The number of carbonyl (C=O) groups excluding carboxylic acids is 1. The third-order valence-corrected chi connectivity index (χ3v) is 4.35. The molecule has 1 amide bonds. The molecule has 0 bridgehead atoms. The summed E-state index contributed by atoms with van der Waals surface area (Å²) >= 11 is 5.93. The maximum absolute atomic E-state index is 13.4. The highest BCUT2D eigenvalue weighted by atomic mass is 35.5. The Hall–Kier alpha value is -2.64. The van der Waals surface area contributed by atoms with Crippen LogP contribution in [0.3, 0.4) is 0 Å². The highest BCUT2D eigenvalue weighted by molar-refractivity contribution is 6.30. The maximum Gasteiger partial charge on any atom is 0.281 e. The van der Waals surface area contributed by atoms with Crippen LogP contribution in [-0.4, -0.2) is 23.9 Å². The molecule has 4 rings (SSSR count). The highest BCUT2D eigenvalue weighted by Gasteiger charge is 2.37. The molecule has 0 radical (unpaired) electrons. The second kappa shape index (κ2) is 6.02. The van der Waals surface area contributed by atoms with Crippen LogP contribution in [0.25, 0.3) is 5.70 Å². The maximum atomic E-state index is 13.4. The summed E-state index contributed by atoms with van der Waals surface area (Å²) in [6.07, 6.45) is -2.70. The van der Waals surface area contributed by atoms with E-state index in [1.54, 1.807) is 48.5 Å². The number of anilines is 2. The smallest absolute Gasteiger partial charge is 0.281 e. The molecule has 8 heteroatoms. The molecular weight excluding hydrogens is 350 g/mol. The van der Waals surface area contributed by atoms with Crippen LogP contribution in [0.15, 0.2) is 54.2 Å². The van der Waals surface area contributed by atoms with Gasteiger partial charge in [0.1, 0.15) is 12.2 Å². The number of hydrogen-bond donors (Lipinski definition) is 2. The number of alkyl halides is 2. The largest absolute Gasteiger partial charge is 0.300 e. The molecule has 2 aromatic carbocycles. The molecule has 2 aromatic rings. The molecule has 0 aromatic heterocycles. The predicted molar refractivity (Wildman–Crippen MR) is 90.9 cm³/mol. The minimum absolute atomic E-state index is 0.101. The van der Waals surface area contributed by atoms with Crippen molar-refractivity contribution in [2.75, 3.05) is 11.4 Å². The molecule has 0 fully saturated rings. The van der Waals surface area contributed by atoms with Crippen molar-refractivity contribution in [1.82, 2.24) is 16.0 Å². The molecule has 0 saturated carbocycles. The van der Waals surface area contributed by atoms with Crippen molar-refractivity contribution in [1.29, 1.82) is 0 Å². The number of nitrogens with one attached hydrogen (secondary N) is 2. The highest BCUT2D eigenvalue weighted by Crippen LogP contribution is 2.39. The van der Waals surface area contributed by atoms with Gasteiger partial charge in [-0.15, -0.1) is 5.53 Å². The van der Waals surface area contributed by atoms with Gasteiger partial charge >= 0.3 is 0 Å². The van der Waals surface area contributed by atoms with E-state index in [1.807, 2.05) is 0 Å². The van der Waals surface area contributed by atoms with E-state index in [1.165, 1.54) is 9.91 Å². The van der Waals surface area contributed by atoms with E-state index in [4.69, 9.17) is 11.6 Å². The fraction of sp³-hybridized carbons (Fsp3) is 0.118. The van der Waals surface area contributed by atoms with Crippen molar-refractivity contribution in [3.8, 4) is 0 Å². The van der Waals surface area contributed by atoms with E-state index in [-0.39, 0.29) is 23.8 Å². The summed E-state index contributed by atoms with van der Waals surface area (Å²) in [7, 11) is 0. The molecule has 0 saturated heterocycles. The van der Waals surface area contributed by atoms with Crippen LogP contribution in [0.2, 0.25) is 5.02 Å². The minimum atomic E-state index is -2.70. The molecule has 5 nitrogen and oxygen atoms in total. The van der Waals surface area contributed by atoms with Gasteiger partial charge in [-0.2, -0.15) is 0 Å². The lowest BCUT2D eigenvalue weighted by Gasteiger charge is -2.23. The predicted octanol–water partition coefficient (Wildman–Crippen LogP) is 3.28. The van der Waals surface area contributed by atoms with Gasteiger partial charge in [0.15, 0.2) is 0 Å². The fourth-order valence-corrected chi connectivity index (χ4v) is 3.16. The molecule has 2 N–H and O–H groups in total. The Morgan fingerprint density at radius 2 is 1.80 bits per heavy atom. The van der Waals surface area contributed by atoms with Gasteiger partial charge < -0.3 is 5.43 Å². The number of benzene rings is 2. The van der Waals surface area contributed by atoms with Gasteiger partial charge in [-0.25, -0.2) is 8.78 Å². The SMILES string of the molecule is O=C1CN2NNC(C(F)F)=C2c2ccccc2N1c1ccc(Cl)cc1. The summed E-state index contributed by atoms with van der Waals surface area (Å²) in [6, 6.07) is 13.8. The Morgan fingerprint density at radius 3 is 2.52 bits per heavy atom. The molecule has 2 heterocycles. The molecular formula is C17H13ClF2N4O. The van der Waals surface area contributed by atoms with E-state index >= 15 is 0 Å². The van der Waals surface area contributed by atoms with E-state index in [0.717, 1.165) is 0 Å². The van der Waals surface area contributed by atoms with Gasteiger partial charge in [-0.05, 0) is 30.3 Å². The molecule has 128 valence electrons. The standard InChI is InChI=1S/C17H13ClF2N4O/c18-10-5-7-11(8-6-10)24-13-4-2-1-3-12(13)16-15(17(19)20)21-22-23(16)9-14(24)25/h1-8,17,21-22H,9H2. The summed E-state index contributed by atoms with van der Waals surface area (Å²) < 4.78 is 26.8. The van der Waals surface area contributed by atoms with Crippen molar-refractivity contribution in [2.45, 2.75) is 6.43 Å². The Balaban J connectivity index is 1.93. The minimum Gasteiger partial charge on any atom is -0.300 e. The molecule has 25 heavy (non-hydrogen) atoms. The van der Waals surface area contributed by atoms with Crippen LogP contribution in [-0.2, 0) is 4.79 Å². The normalized spacial score (nSPS) is 16.7. The van der Waals surface area contributed by atoms with Crippen LogP contribution < -0.4 is 15.9 Å². The van der Waals surface area contributed by atoms with Crippen molar-refractivity contribution in [2.24, 2.45) is 0 Å². The van der Waals surface area contributed by atoms with Gasteiger partial charge in [-0.1, -0.05) is 29.8 Å². The molecule has 2 aliphatic heterocycles. The summed E-state index contributed by atoms with van der Waals surface area (Å²) in [4.78, 5) is 14.4. The van der Waals surface area contributed by atoms with E-state index in [0.29, 0.717) is 22.0 Å². The zero-order valence-electron chi connectivity index (χ0n) is 12.8. The number of hydrazine groups is 2. The molecule has 0 unspecified atom stereocenters. The van der Waals surface area contributed by atoms with Crippen molar-refractivity contribution in [3.05, 3.63) is 64.8 Å². The lowest BCUT2D eigenvalue weighted by molar-refractivity contribution is -0.118. The third-order valence-electron chi connectivity index (χ3n) is 4.10. The first kappa shape index (κ1) is 15.9. The van der Waals surface area contributed by atoms with Gasteiger partial charge in [0.2, 0.25) is 0 Å². The summed E-state index contributed by atoms with van der Waals surface area (Å²) in [5.41, 5.74) is 6.83. The average Bonchev–Trinajstić information content (AvgIpc) is 2.96. The van der Waals surface area contributed by atoms with E-state index in [9.17, 15) is 13.6 Å². The second-order valence-corrected chi connectivity index (χ2v) is 6.05. The van der Waals surface area contributed by atoms with Gasteiger partial charge in [-0.3, -0.25) is 14.7 Å². The Morgan fingerprint density at radius 1 is 1.08 bits per heavy atom. The number of para-hydroxylation sites is 1. The van der Waals surface area contributed by atoms with Crippen LogP contribution in [0.1, 0.15) is 5.56 Å². The van der Waals surface area contributed by atoms with Crippen molar-refractivity contribution < 1.29 is 13.6 Å². The zero-order chi connectivity index (χ0) is 17.6. The topological polar surface area (TPSA) is 47.6 Å². The first-order chi connectivity index (χ1) is 12.1. The number of hydrogen-bond acceptors (Lipinski definition) is 4. The lowest BCUT2D eigenvalue weighted by Crippen LogP contribution is -2.43. The van der Waals surface area contributed by atoms with E-state index in [2.05, 4.69) is 11.0 Å². The van der Waals surface area contributed by atoms with Crippen LogP contribution in [0, 0.1) is 0 Å². The van der Waals surface area contributed by atoms with Gasteiger partial charge in [0.05, 0.1) is 11.4 Å². The quantitative estimate of drug-likeness (QED) is 0.860. The summed E-state index contributed by atoms with van der Waals surface area (Å²) in [5.74, 6) is -0.255. The Kier molecular flexibility index (Phi) is 3.82. The Labute approximate surface area is 147 Å². The molecule has 2 aliphatic rings. The number of amides is 1. The van der Waals surface area contributed by atoms with Gasteiger partial charge in [0.25, 0.3) is 12.3 Å². The second-order valence-electron chi connectivity index (χ2n) is 5.61. The molecule has 0 aliphatic carbocycles. The van der Waals surface area contributed by atoms with Crippen molar-refractivity contribution in [3.63, 3.8) is 0 Å². The first-order valence-electron chi connectivity index (χ1n) is 7.55. The number of halogens is 3. The summed E-state index contributed by atoms with van der Waals surface area (Å²) in [5, 5.41) is 1.95. The Bertz CT molecular complexity index is 869. The van der Waals surface area contributed by atoms with Crippen LogP contribution in [0.5, 0.6) is 0 Å². The third kappa shape index (κ3) is 2.61. The van der Waals surface area contributed by atoms with Crippen molar-refractivity contribution >= 4 is 34.6 Å². The zero-order valence-corrected chi connectivity index (χ0v) is 13.6.